The number of unbranched alkanes of at least 4 members (excludes halogenated alkanes) is 1. The molecule has 1 aromatic rings. The molecule has 2 nitrogen and oxygen atoms in total. The summed E-state index contributed by atoms with van der Waals surface area (Å²) in [6.07, 6.45) is 4.09. The molecule has 0 aliphatic carbocycles. The van der Waals surface area contributed by atoms with E-state index in [0.29, 0.717) is 18.6 Å². The highest BCUT2D eigenvalue weighted by Gasteiger charge is 2.31. The van der Waals surface area contributed by atoms with Gasteiger partial charge in [-0.15, -0.1) is 11.3 Å². The molecule has 0 aliphatic rings. The average molecular weight is 280 g/mol. The molecular weight excluding hydrogens is 256 g/mol. The number of ketones is 2. The first kappa shape index (κ1) is 16.1. The fraction of sp³-hybridized carbons (Fsp3) is 0.625. The largest absolute Gasteiger partial charge is 0.300 e. The van der Waals surface area contributed by atoms with E-state index in [0.717, 1.165) is 29.7 Å². The summed E-state index contributed by atoms with van der Waals surface area (Å²) in [6.45, 7) is 7.89. The van der Waals surface area contributed by atoms with E-state index in [2.05, 4.69) is 20.8 Å². The van der Waals surface area contributed by atoms with Gasteiger partial charge in [-0.1, -0.05) is 27.2 Å². The number of carbonyl (C=O) groups is 2. The first-order valence-corrected chi connectivity index (χ1v) is 7.93. The molecule has 3 heteroatoms. The smallest absolute Gasteiger partial charge is 0.160 e. The molecule has 1 aromatic heterocycles. The van der Waals surface area contributed by atoms with Gasteiger partial charge in [0.1, 0.15) is 5.78 Å². The molecule has 1 unspecified atom stereocenters. The third-order valence-corrected chi connectivity index (χ3v) is 4.99. The Hall–Kier alpha value is -0.960. The van der Waals surface area contributed by atoms with Crippen LogP contribution in [-0.2, 0) is 10.2 Å². The van der Waals surface area contributed by atoms with Crippen molar-refractivity contribution in [3.8, 4) is 0 Å². The first-order valence-electron chi connectivity index (χ1n) is 7.05. The molecule has 1 rings (SSSR count). The molecule has 0 spiro atoms. The van der Waals surface area contributed by atoms with E-state index < -0.39 is 0 Å². The Bertz CT molecular complexity index is 447. The van der Waals surface area contributed by atoms with Crippen LogP contribution in [0.4, 0.5) is 0 Å². The lowest BCUT2D eigenvalue weighted by Crippen LogP contribution is -2.25. The van der Waals surface area contributed by atoms with Crippen molar-refractivity contribution in [2.75, 3.05) is 0 Å². The maximum absolute atomic E-state index is 12.1. The molecule has 0 bridgehead atoms. The van der Waals surface area contributed by atoms with Gasteiger partial charge in [-0.05, 0) is 31.2 Å². The normalized spacial score (nSPS) is 14.1. The van der Waals surface area contributed by atoms with Crippen LogP contribution in [0, 0.1) is 0 Å². The maximum atomic E-state index is 12.1. The van der Waals surface area contributed by atoms with E-state index in [1.807, 2.05) is 11.4 Å². The Morgan fingerprint density at radius 3 is 2.53 bits per heavy atom. The van der Waals surface area contributed by atoms with Crippen LogP contribution in [-0.4, -0.2) is 11.6 Å². The number of carbonyl (C=O) groups excluding carboxylic acids is 2. The van der Waals surface area contributed by atoms with Gasteiger partial charge >= 0.3 is 0 Å². The van der Waals surface area contributed by atoms with Gasteiger partial charge in [-0.25, -0.2) is 0 Å². The summed E-state index contributed by atoms with van der Waals surface area (Å²) in [6, 6.07) is 1.88. The highest BCUT2D eigenvalue weighted by Crippen LogP contribution is 2.38. The Morgan fingerprint density at radius 2 is 2.00 bits per heavy atom. The first-order chi connectivity index (χ1) is 8.94. The molecule has 19 heavy (non-hydrogen) atoms. The van der Waals surface area contributed by atoms with E-state index in [-0.39, 0.29) is 11.2 Å². The van der Waals surface area contributed by atoms with Crippen LogP contribution in [0.15, 0.2) is 11.4 Å². The number of rotatable bonds is 8. The van der Waals surface area contributed by atoms with E-state index in [1.165, 1.54) is 0 Å². The third kappa shape index (κ3) is 4.00. The Morgan fingerprint density at radius 1 is 1.32 bits per heavy atom. The highest BCUT2D eigenvalue weighted by molar-refractivity contribution is 7.10. The zero-order chi connectivity index (χ0) is 14.5. The SMILES string of the molecule is CCCCC(=O)CC(C)(CC)c1sccc1C(C)=O. The predicted molar refractivity (Wildman–Crippen MR) is 81.1 cm³/mol. The fourth-order valence-corrected chi connectivity index (χ4v) is 3.50. The molecule has 0 radical (unpaired) electrons. The molecule has 106 valence electrons. The summed E-state index contributed by atoms with van der Waals surface area (Å²) >= 11 is 1.60. The lowest BCUT2D eigenvalue weighted by Gasteiger charge is -2.27. The van der Waals surface area contributed by atoms with Crippen molar-refractivity contribution in [2.24, 2.45) is 0 Å². The lowest BCUT2D eigenvalue weighted by molar-refractivity contribution is -0.120. The molecular formula is C16H24O2S. The van der Waals surface area contributed by atoms with Crippen molar-refractivity contribution >= 4 is 22.9 Å². The highest BCUT2D eigenvalue weighted by atomic mass is 32.1. The van der Waals surface area contributed by atoms with E-state index in [1.54, 1.807) is 18.3 Å². The van der Waals surface area contributed by atoms with Crippen LogP contribution >= 0.6 is 11.3 Å². The summed E-state index contributed by atoms with van der Waals surface area (Å²) in [4.78, 5) is 24.8. The molecule has 0 aliphatic heterocycles. The van der Waals surface area contributed by atoms with Crippen LogP contribution in [0.3, 0.4) is 0 Å². The summed E-state index contributed by atoms with van der Waals surface area (Å²) < 4.78 is 0. The van der Waals surface area contributed by atoms with Crippen molar-refractivity contribution in [3.63, 3.8) is 0 Å². The minimum absolute atomic E-state index is 0.0944. The van der Waals surface area contributed by atoms with Crippen molar-refractivity contribution in [1.82, 2.24) is 0 Å². The molecule has 0 N–H and O–H groups in total. The van der Waals surface area contributed by atoms with Crippen molar-refractivity contribution in [3.05, 3.63) is 21.9 Å². The standard InChI is InChI=1S/C16H24O2S/c1-5-7-8-13(18)11-16(4,6-2)15-14(12(3)17)9-10-19-15/h9-10H,5-8,11H2,1-4H3. The van der Waals surface area contributed by atoms with Crippen LogP contribution in [0.5, 0.6) is 0 Å². The number of hydrogen-bond donors (Lipinski definition) is 0. The fourth-order valence-electron chi connectivity index (χ4n) is 2.32. The van der Waals surface area contributed by atoms with Crippen molar-refractivity contribution in [2.45, 2.75) is 65.2 Å². The maximum Gasteiger partial charge on any atom is 0.160 e. The zero-order valence-electron chi connectivity index (χ0n) is 12.4. The van der Waals surface area contributed by atoms with E-state index >= 15 is 0 Å². The molecule has 0 saturated carbocycles. The monoisotopic (exact) mass is 280 g/mol. The third-order valence-electron chi connectivity index (χ3n) is 3.77. The topological polar surface area (TPSA) is 34.1 Å². The number of hydrogen-bond acceptors (Lipinski definition) is 3. The van der Waals surface area contributed by atoms with E-state index in [4.69, 9.17) is 0 Å². The van der Waals surface area contributed by atoms with Gasteiger partial charge in [-0.2, -0.15) is 0 Å². The molecule has 0 fully saturated rings. The number of Topliss-reactive ketones (excluding diaryl/α,β-unsaturated/α-hetero) is 2. The lowest BCUT2D eigenvalue weighted by atomic mass is 9.78. The van der Waals surface area contributed by atoms with Gasteiger partial charge in [0, 0.05) is 28.7 Å². The quantitative estimate of drug-likeness (QED) is 0.643. The second-order valence-corrected chi connectivity index (χ2v) is 6.37. The summed E-state index contributed by atoms with van der Waals surface area (Å²) in [5, 5.41) is 1.95. The van der Waals surface area contributed by atoms with Crippen molar-refractivity contribution < 1.29 is 9.59 Å². The second-order valence-electron chi connectivity index (χ2n) is 5.45. The van der Waals surface area contributed by atoms with Gasteiger partial charge in [-0.3, -0.25) is 9.59 Å². The van der Waals surface area contributed by atoms with Crippen LogP contribution in [0.1, 0.15) is 75.0 Å². The predicted octanol–water partition coefficient (Wildman–Crippen LogP) is 4.77. The van der Waals surface area contributed by atoms with Gasteiger partial charge in [0.2, 0.25) is 0 Å². The van der Waals surface area contributed by atoms with Gasteiger partial charge in [0.15, 0.2) is 5.78 Å². The second kappa shape index (κ2) is 6.99. The Balaban J connectivity index is 2.93. The minimum atomic E-state index is -0.194. The minimum Gasteiger partial charge on any atom is -0.300 e. The van der Waals surface area contributed by atoms with Crippen LogP contribution < -0.4 is 0 Å². The van der Waals surface area contributed by atoms with Gasteiger partial charge < -0.3 is 0 Å². The summed E-state index contributed by atoms with van der Waals surface area (Å²) in [5.41, 5.74) is 0.595. The number of thiophene rings is 1. The van der Waals surface area contributed by atoms with Crippen LogP contribution in [0.25, 0.3) is 0 Å². The van der Waals surface area contributed by atoms with Crippen LogP contribution in [0.2, 0.25) is 0 Å². The molecule has 0 aromatic carbocycles. The van der Waals surface area contributed by atoms with Gasteiger partial charge in [0.25, 0.3) is 0 Å². The molecule has 1 atom stereocenters. The summed E-state index contributed by atoms with van der Waals surface area (Å²) in [5.74, 6) is 0.408. The average Bonchev–Trinajstić information content (AvgIpc) is 2.86. The van der Waals surface area contributed by atoms with Gasteiger partial charge in [0.05, 0.1) is 0 Å². The molecule has 1 heterocycles. The molecule has 0 saturated heterocycles. The summed E-state index contributed by atoms with van der Waals surface area (Å²) in [7, 11) is 0. The Labute approximate surface area is 120 Å². The molecule has 0 amide bonds. The van der Waals surface area contributed by atoms with E-state index in [9.17, 15) is 9.59 Å². The zero-order valence-corrected chi connectivity index (χ0v) is 13.2. The Kier molecular flexibility index (Phi) is 5.92. The van der Waals surface area contributed by atoms with Crippen molar-refractivity contribution in [1.29, 1.82) is 0 Å².